The minimum atomic E-state index is -0.635. The van der Waals surface area contributed by atoms with Crippen molar-refractivity contribution < 1.29 is 18.9 Å². The van der Waals surface area contributed by atoms with Gasteiger partial charge in [0.1, 0.15) is 5.52 Å². The second kappa shape index (κ2) is 5.47. The quantitative estimate of drug-likeness (QED) is 0.388. The van der Waals surface area contributed by atoms with E-state index >= 15 is 0 Å². The molecule has 8 heteroatoms. The number of hydrogen-bond donors (Lipinski definition) is 0. The highest BCUT2D eigenvalue weighted by Gasteiger charge is 2.42. The van der Waals surface area contributed by atoms with Gasteiger partial charge in [-0.2, -0.15) is 0 Å². The molecular formula is C19H15N3O5. The van der Waals surface area contributed by atoms with Gasteiger partial charge in [0.05, 0.1) is 22.1 Å². The molecule has 0 fully saturated rings. The molecule has 27 heavy (non-hydrogen) atoms. The van der Waals surface area contributed by atoms with E-state index in [1.54, 1.807) is 39.0 Å². The van der Waals surface area contributed by atoms with E-state index in [1.807, 2.05) is 0 Å². The number of non-ortho nitro benzene ring substituents is 1. The molecule has 1 aromatic heterocycles. The summed E-state index contributed by atoms with van der Waals surface area (Å²) in [6.45, 7) is 5.38. The summed E-state index contributed by atoms with van der Waals surface area (Å²) >= 11 is 0. The van der Waals surface area contributed by atoms with E-state index in [0.717, 1.165) is 0 Å². The summed E-state index contributed by atoms with van der Waals surface area (Å²) < 4.78 is 5.64. The van der Waals surface area contributed by atoms with Gasteiger partial charge in [0.25, 0.3) is 17.5 Å². The van der Waals surface area contributed by atoms with Crippen LogP contribution in [0.5, 0.6) is 0 Å². The number of oxazole rings is 1. The van der Waals surface area contributed by atoms with E-state index in [1.165, 1.54) is 23.1 Å². The summed E-state index contributed by atoms with van der Waals surface area (Å²) in [4.78, 5) is 41.2. The van der Waals surface area contributed by atoms with Crippen LogP contribution in [0.15, 0.2) is 40.8 Å². The molecular weight excluding hydrogens is 350 g/mol. The van der Waals surface area contributed by atoms with Gasteiger partial charge >= 0.3 is 0 Å². The molecule has 0 spiro atoms. The maximum atomic E-state index is 12.7. The second-order valence-corrected chi connectivity index (χ2v) is 7.31. The predicted molar refractivity (Wildman–Crippen MR) is 96.4 cm³/mol. The Morgan fingerprint density at radius 3 is 2.41 bits per heavy atom. The van der Waals surface area contributed by atoms with E-state index in [0.29, 0.717) is 22.2 Å². The molecule has 8 nitrogen and oxygen atoms in total. The summed E-state index contributed by atoms with van der Waals surface area (Å²) in [7, 11) is 0. The average molecular weight is 365 g/mol. The predicted octanol–water partition coefficient (Wildman–Crippen LogP) is 3.80. The molecule has 2 amide bonds. The number of nitrogens with zero attached hydrogens (tertiary/aromatic N) is 3. The topological polar surface area (TPSA) is 107 Å². The largest absolute Gasteiger partial charge is 0.436 e. The first-order valence-corrected chi connectivity index (χ1v) is 8.25. The molecule has 3 aromatic rings. The van der Waals surface area contributed by atoms with E-state index in [4.69, 9.17) is 4.42 Å². The number of carbonyl (C=O) groups is 2. The molecule has 1 aliphatic rings. The highest BCUT2D eigenvalue weighted by atomic mass is 16.6. The number of rotatable bonds is 2. The fourth-order valence-electron chi connectivity index (χ4n) is 3.13. The Kier molecular flexibility index (Phi) is 3.42. The molecule has 0 saturated carbocycles. The van der Waals surface area contributed by atoms with Crippen LogP contribution in [0.3, 0.4) is 0 Å². The van der Waals surface area contributed by atoms with E-state index in [9.17, 15) is 19.7 Å². The summed E-state index contributed by atoms with van der Waals surface area (Å²) in [5, 5.41) is 10.9. The van der Waals surface area contributed by atoms with Crippen molar-refractivity contribution in [2.45, 2.75) is 26.3 Å². The Hall–Kier alpha value is -3.55. The van der Waals surface area contributed by atoms with Crippen molar-refractivity contribution in [2.75, 3.05) is 0 Å². The third kappa shape index (κ3) is 2.57. The van der Waals surface area contributed by atoms with Crippen molar-refractivity contribution in [3.63, 3.8) is 0 Å². The Morgan fingerprint density at radius 2 is 1.74 bits per heavy atom. The highest BCUT2D eigenvalue weighted by Crippen LogP contribution is 2.33. The number of amides is 2. The van der Waals surface area contributed by atoms with Crippen molar-refractivity contribution in [3.8, 4) is 11.5 Å². The van der Waals surface area contributed by atoms with E-state index in [-0.39, 0.29) is 29.0 Å². The van der Waals surface area contributed by atoms with E-state index < -0.39 is 10.5 Å². The summed E-state index contributed by atoms with van der Waals surface area (Å²) in [5.41, 5.74) is 1.16. The molecule has 2 aromatic carbocycles. The number of benzene rings is 2. The monoisotopic (exact) mass is 365 g/mol. The number of nitro benzene ring substituents is 1. The van der Waals surface area contributed by atoms with Crippen LogP contribution in [0.2, 0.25) is 0 Å². The highest BCUT2D eigenvalue weighted by molar-refractivity contribution is 6.22. The zero-order valence-electron chi connectivity index (χ0n) is 14.8. The first kappa shape index (κ1) is 16.9. The first-order chi connectivity index (χ1) is 12.7. The molecule has 0 N–H and O–H groups in total. The lowest BCUT2D eigenvalue weighted by molar-refractivity contribution is -0.384. The molecule has 136 valence electrons. The van der Waals surface area contributed by atoms with E-state index in [2.05, 4.69) is 4.98 Å². The summed E-state index contributed by atoms with van der Waals surface area (Å²) in [6.07, 6.45) is 0. The van der Waals surface area contributed by atoms with Crippen molar-refractivity contribution >= 4 is 28.6 Å². The molecule has 0 atom stereocenters. The number of imide groups is 1. The van der Waals surface area contributed by atoms with Crippen LogP contribution in [0.4, 0.5) is 5.69 Å². The van der Waals surface area contributed by atoms with Gasteiger partial charge in [0.2, 0.25) is 5.89 Å². The van der Waals surface area contributed by atoms with Gasteiger partial charge < -0.3 is 4.42 Å². The fraction of sp³-hybridized carbons (Fsp3) is 0.211. The fourth-order valence-corrected chi connectivity index (χ4v) is 3.13. The van der Waals surface area contributed by atoms with Crippen LogP contribution in [-0.4, -0.2) is 32.2 Å². The average Bonchev–Trinajstić information content (AvgIpc) is 3.13. The van der Waals surface area contributed by atoms with Crippen LogP contribution in [0, 0.1) is 10.1 Å². The van der Waals surface area contributed by atoms with Crippen LogP contribution in [-0.2, 0) is 0 Å². The van der Waals surface area contributed by atoms with Crippen molar-refractivity contribution in [3.05, 3.63) is 57.6 Å². The number of aromatic nitrogens is 1. The molecule has 0 aliphatic carbocycles. The number of hydrogen-bond acceptors (Lipinski definition) is 6. The number of fused-ring (bicyclic) bond motifs is 2. The SMILES string of the molecule is CC(C)(C)N1C(=O)c2ccc(-c3nc4ccc([N+](=O)[O-])cc4o3)cc2C1=O. The van der Waals surface area contributed by atoms with Crippen LogP contribution in [0.25, 0.3) is 22.6 Å². The normalized spacial score (nSPS) is 14.1. The molecule has 0 saturated heterocycles. The summed E-state index contributed by atoms with van der Waals surface area (Å²) in [6, 6.07) is 8.95. The van der Waals surface area contributed by atoms with Gasteiger partial charge in [-0.3, -0.25) is 24.6 Å². The van der Waals surface area contributed by atoms with Gasteiger partial charge in [-0.1, -0.05) is 0 Å². The Morgan fingerprint density at radius 1 is 1.04 bits per heavy atom. The molecule has 0 radical (unpaired) electrons. The standard InChI is InChI=1S/C19H15N3O5/c1-19(2,3)21-17(23)12-6-4-10(8-13(12)18(21)24)16-20-14-7-5-11(22(25)26)9-15(14)27-16/h4-9H,1-3H3. The van der Waals surface area contributed by atoms with Gasteiger partial charge in [-0.25, -0.2) is 4.98 Å². The lowest BCUT2D eigenvalue weighted by Gasteiger charge is -2.29. The molecule has 0 bridgehead atoms. The molecule has 0 unspecified atom stereocenters. The smallest absolute Gasteiger partial charge is 0.273 e. The molecule has 2 heterocycles. The number of nitro groups is 1. The summed E-state index contributed by atoms with van der Waals surface area (Å²) in [5.74, 6) is -0.471. The maximum absolute atomic E-state index is 12.7. The zero-order valence-corrected chi connectivity index (χ0v) is 14.8. The first-order valence-electron chi connectivity index (χ1n) is 8.25. The zero-order chi connectivity index (χ0) is 19.5. The van der Waals surface area contributed by atoms with Crippen molar-refractivity contribution in [1.29, 1.82) is 0 Å². The Bertz CT molecular complexity index is 1140. The van der Waals surface area contributed by atoms with Gasteiger partial charge in [0.15, 0.2) is 5.58 Å². The second-order valence-electron chi connectivity index (χ2n) is 7.31. The minimum absolute atomic E-state index is 0.0965. The van der Waals surface area contributed by atoms with Crippen LogP contribution in [0.1, 0.15) is 41.5 Å². The van der Waals surface area contributed by atoms with Crippen molar-refractivity contribution in [1.82, 2.24) is 9.88 Å². The molecule has 1 aliphatic heterocycles. The van der Waals surface area contributed by atoms with Crippen LogP contribution >= 0.6 is 0 Å². The van der Waals surface area contributed by atoms with Gasteiger partial charge in [-0.15, -0.1) is 0 Å². The minimum Gasteiger partial charge on any atom is -0.436 e. The van der Waals surface area contributed by atoms with Gasteiger partial charge in [-0.05, 0) is 45.0 Å². The lowest BCUT2D eigenvalue weighted by atomic mass is 10.1. The Labute approximate surface area is 153 Å². The lowest BCUT2D eigenvalue weighted by Crippen LogP contribution is -2.45. The molecule has 4 rings (SSSR count). The Balaban J connectivity index is 1.79. The van der Waals surface area contributed by atoms with Crippen molar-refractivity contribution in [2.24, 2.45) is 0 Å². The number of carbonyl (C=O) groups excluding carboxylic acids is 2. The van der Waals surface area contributed by atoms with Gasteiger partial charge in [0, 0.05) is 17.2 Å². The maximum Gasteiger partial charge on any atom is 0.273 e. The third-order valence-electron chi connectivity index (χ3n) is 4.39. The van der Waals surface area contributed by atoms with Crippen LogP contribution < -0.4 is 0 Å². The third-order valence-corrected chi connectivity index (χ3v) is 4.39.